The van der Waals surface area contributed by atoms with Gasteiger partial charge in [0.1, 0.15) is 0 Å². The minimum atomic E-state index is -0.768. The molecule has 7 heteroatoms. The van der Waals surface area contributed by atoms with Gasteiger partial charge in [0, 0.05) is 0 Å². The molecular formula is C7H6Cl2N2O3. The molecule has 1 rings (SSSR count). The van der Waals surface area contributed by atoms with Gasteiger partial charge >= 0.3 is 5.97 Å². The number of carbonyl (C=O) groups is 1. The average Bonchev–Trinajstić information content (AvgIpc) is 2.11. The Hall–Kier alpha value is -0.910. The van der Waals surface area contributed by atoms with Crippen LogP contribution in [0.2, 0.25) is 10.3 Å². The Kier molecular flexibility index (Phi) is 3.62. The largest absolute Gasteiger partial charge is 0.393 e. The Labute approximate surface area is 89.9 Å². The zero-order chi connectivity index (χ0) is 10.7. The molecule has 0 aliphatic carbocycles. The van der Waals surface area contributed by atoms with Crippen LogP contribution in [0.1, 0.15) is 16.2 Å². The minimum absolute atomic E-state index is 0.0266. The van der Waals surface area contributed by atoms with E-state index in [0.717, 1.165) is 0 Å². The normalized spacial score (nSPS) is 10.0. The predicted octanol–water partition coefficient (Wildman–Crippen LogP) is 1.81. The first-order valence-electron chi connectivity index (χ1n) is 3.51. The maximum Gasteiger partial charge on any atom is 0.393 e. The number of aromatic nitrogens is 2. The van der Waals surface area contributed by atoms with Crippen molar-refractivity contribution in [2.45, 2.75) is 6.92 Å². The second kappa shape index (κ2) is 4.54. The van der Waals surface area contributed by atoms with Crippen LogP contribution in [0.25, 0.3) is 0 Å². The summed E-state index contributed by atoms with van der Waals surface area (Å²) in [5.74, 6) is -0.768. The Morgan fingerprint density at radius 1 is 1.29 bits per heavy atom. The van der Waals surface area contributed by atoms with Gasteiger partial charge < -0.3 is 0 Å². The standard InChI is InChI=1S/C7H6Cl2N2O3/c1-3-4(7(12)14-13-2)11-6(9)5(8)10-3/h1-2H3. The number of nitrogens with zero attached hydrogens (tertiary/aromatic N) is 2. The van der Waals surface area contributed by atoms with Crippen LogP contribution in [-0.2, 0) is 9.78 Å². The number of carbonyl (C=O) groups excluding carboxylic acids is 1. The Balaban J connectivity index is 3.09. The Morgan fingerprint density at radius 2 is 1.86 bits per heavy atom. The molecule has 0 saturated carbocycles. The van der Waals surface area contributed by atoms with Crippen molar-refractivity contribution in [1.29, 1.82) is 0 Å². The van der Waals surface area contributed by atoms with Crippen molar-refractivity contribution in [1.82, 2.24) is 9.97 Å². The molecule has 0 saturated heterocycles. The van der Waals surface area contributed by atoms with E-state index in [9.17, 15) is 4.79 Å². The van der Waals surface area contributed by atoms with Crippen LogP contribution >= 0.6 is 23.2 Å². The topological polar surface area (TPSA) is 61.3 Å². The van der Waals surface area contributed by atoms with Crippen LogP contribution in [-0.4, -0.2) is 23.0 Å². The smallest absolute Gasteiger partial charge is 0.291 e. The highest BCUT2D eigenvalue weighted by Gasteiger charge is 2.17. The van der Waals surface area contributed by atoms with E-state index in [1.54, 1.807) is 6.92 Å². The SMILES string of the molecule is COOC(=O)c1nc(Cl)c(Cl)nc1C. The molecule has 0 unspecified atom stereocenters. The van der Waals surface area contributed by atoms with Gasteiger partial charge in [-0.1, -0.05) is 23.2 Å². The van der Waals surface area contributed by atoms with Crippen molar-refractivity contribution >= 4 is 29.2 Å². The van der Waals surface area contributed by atoms with Gasteiger partial charge in [0.25, 0.3) is 0 Å². The van der Waals surface area contributed by atoms with Crippen LogP contribution in [0.5, 0.6) is 0 Å². The number of hydrogen-bond acceptors (Lipinski definition) is 5. The molecule has 0 radical (unpaired) electrons. The van der Waals surface area contributed by atoms with Gasteiger partial charge in [-0.2, -0.15) is 4.89 Å². The van der Waals surface area contributed by atoms with Crippen molar-refractivity contribution in [3.63, 3.8) is 0 Å². The lowest BCUT2D eigenvalue weighted by atomic mass is 10.3. The molecule has 14 heavy (non-hydrogen) atoms. The summed E-state index contributed by atoms with van der Waals surface area (Å²) >= 11 is 11.2. The average molecular weight is 237 g/mol. The number of aryl methyl sites for hydroxylation is 1. The van der Waals surface area contributed by atoms with Crippen molar-refractivity contribution < 1.29 is 14.6 Å². The summed E-state index contributed by atoms with van der Waals surface area (Å²) in [5, 5.41) is -0.0153. The summed E-state index contributed by atoms with van der Waals surface area (Å²) < 4.78 is 0. The van der Waals surface area contributed by atoms with Gasteiger partial charge in [0.2, 0.25) is 0 Å². The molecule has 0 bridgehead atoms. The second-order valence-corrected chi connectivity index (χ2v) is 2.99. The summed E-state index contributed by atoms with van der Waals surface area (Å²) in [4.78, 5) is 27.1. The molecule has 0 spiro atoms. The van der Waals surface area contributed by atoms with Crippen molar-refractivity contribution in [3.05, 3.63) is 21.7 Å². The predicted molar refractivity (Wildman–Crippen MR) is 49.2 cm³/mol. The van der Waals surface area contributed by atoms with Crippen LogP contribution in [0.3, 0.4) is 0 Å². The van der Waals surface area contributed by atoms with Gasteiger partial charge in [0.15, 0.2) is 16.0 Å². The molecule has 76 valence electrons. The molecule has 0 N–H and O–H groups in total. The molecule has 0 aliphatic heterocycles. The number of rotatable bonds is 2. The minimum Gasteiger partial charge on any atom is -0.291 e. The third-order valence-corrected chi connectivity index (χ3v) is 1.96. The van der Waals surface area contributed by atoms with Crippen LogP contribution in [0.15, 0.2) is 0 Å². The van der Waals surface area contributed by atoms with E-state index >= 15 is 0 Å². The van der Waals surface area contributed by atoms with E-state index in [2.05, 4.69) is 19.7 Å². The molecule has 1 aromatic heterocycles. The zero-order valence-electron chi connectivity index (χ0n) is 7.38. The van der Waals surface area contributed by atoms with Gasteiger partial charge in [0.05, 0.1) is 12.8 Å². The third kappa shape index (κ3) is 2.31. The van der Waals surface area contributed by atoms with Crippen molar-refractivity contribution in [3.8, 4) is 0 Å². The van der Waals surface area contributed by atoms with E-state index in [-0.39, 0.29) is 16.0 Å². The summed E-state index contributed by atoms with van der Waals surface area (Å²) in [6, 6.07) is 0. The van der Waals surface area contributed by atoms with Crippen LogP contribution in [0, 0.1) is 6.92 Å². The lowest BCUT2D eigenvalue weighted by Gasteiger charge is -2.03. The maximum atomic E-state index is 11.2. The van der Waals surface area contributed by atoms with E-state index in [1.165, 1.54) is 7.11 Å². The molecule has 0 fully saturated rings. The first-order chi connectivity index (χ1) is 6.56. The Morgan fingerprint density at radius 3 is 2.43 bits per heavy atom. The molecule has 1 aromatic rings. The van der Waals surface area contributed by atoms with Crippen molar-refractivity contribution in [2.24, 2.45) is 0 Å². The molecule has 0 aromatic carbocycles. The highest BCUT2D eigenvalue weighted by Crippen LogP contribution is 2.18. The monoisotopic (exact) mass is 236 g/mol. The zero-order valence-corrected chi connectivity index (χ0v) is 8.89. The van der Waals surface area contributed by atoms with Gasteiger partial charge in [-0.25, -0.2) is 14.8 Å². The van der Waals surface area contributed by atoms with Crippen molar-refractivity contribution in [2.75, 3.05) is 7.11 Å². The maximum absolute atomic E-state index is 11.2. The quantitative estimate of drug-likeness (QED) is 0.579. The van der Waals surface area contributed by atoms with Crippen LogP contribution < -0.4 is 0 Å². The fraction of sp³-hybridized carbons (Fsp3) is 0.286. The molecule has 0 atom stereocenters. The fourth-order valence-electron chi connectivity index (χ4n) is 0.780. The first kappa shape index (κ1) is 11.2. The molecule has 0 aliphatic rings. The lowest BCUT2D eigenvalue weighted by molar-refractivity contribution is -0.216. The van der Waals surface area contributed by atoms with E-state index < -0.39 is 5.97 Å². The summed E-state index contributed by atoms with van der Waals surface area (Å²) in [7, 11) is 1.21. The molecule has 0 amide bonds. The fourth-order valence-corrected chi connectivity index (χ4v) is 1.08. The lowest BCUT2D eigenvalue weighted by Crippen LogP contribution is -2.10. The van der Waals surface area contributed by atoms with Crippen LogP contribution in [0.4, 0.5) is 0 Å². The highest BCUT2D eigenvalue weighted by atomic mass is 35.5. The Bertz CT molecular complexity index is 370. The molecule has 1 heterocycles. The summed E-state index contributed by atoms with van der Waals surface area (Å²) in [6.07, 6.45) is 0. The highest BCUT2D eigenvalue weighted by molar-refractivity contribution is 6.40. The number of halogens is 2. The third-order valence-electron chi connectivity index (χ3n) is 1.34. The second-order valence-electron chi connectivity index (χ2n) is 2.28. The van der Waals surface area contributed by atoms with E-state index in [0.29, 0.717) is 5.69 Å². The molecular weight excluding hydrogens is 231 g/mol. The van der Waals surface area contributed by atoms with Gasteiger partial charge in [-0.15, -0.1) is 0 Å². The number of hydrogen-bond donors (Lipinski definition) is 0. The first-order valence-corrected chi connectivity index (χ1v) is 4.26. The summed E-state index contributed by atoms with van der Waals surface area (Å²) in [6.45, 7) is 1.56. The molecule has 5 nitrogen and oxygen atoms in total. The van der Waals surface area contributed by atoms with Gasteiger partial charge in [-0.05, 0) is 6.92 Å². The van der Waals surface area contributed by atoms with Gasteiger partial charge in [-0.3, -0.25) is 4.89 Å². The summed E-state index contributed by atoms with van der Waals surface area (Å²) in [5.41, 5.74) is 0.294. The van der Waals surface area contributed by atoms with E-state index in [4.69, 9.17) is 23.2 Å². The van der Waals surface area contributed by atoms with E-state index in [1.807, 2.05) is 0 Å².